The molecule has 9 nitrogen and oxygen atoms in total. The molecule has 0 saturated carbocycles. The highest BCUT2D eigenvalue weighted by atomic mass is 16.5. The minimum absolute atomic E-state index is 0.172. The Morgan fingerprint density at radius 3 is 2.69 bits per heavy atom. The molecule has 0 fully saturated rings. The van der Waals surface area contributed by atoms with Crippen LogP contribution in [0.5, 0.6) is 5.75 Å². The van der Waals surface area contributed by atoms with Crippen LogP contribution in [0.25, 0.3) is 11.3 Å². The van der Waals surface area contributed by atoms with E-state index in [2.05, 4.69) is 27.0 Å². The number of benzene rings is 1. The number of nitrogens with zero attached hydrogens (tertiary/aromatic N) is 4. The first-order valence-electron chi connectivity index (χ1n) is 11.3. The molecule has 0 aliphatic heterocycles. The fourth-order valence-electron chi connectivity index (χ4n) is 3.24. The number of rotatable bonds is 9. The summed E-state index contributed by atoms with van der Waals surface area (Å²) in [6.45, 7) is 12.5. The van der Waals surface area contributed by atoms with E-state index in [0.29, 0.717) is 36.9 Å². The van der Waals surface area contributed by atoms with Gasteiger partial charge in [0.25, 0.3) is 5.91 Å². The van der Waals surface area contributed by atoms with Crippen LogP contribution in [0.2, 0.25) is 0 Å². The van der Waals surface area contributed by atoms with E-state index >= 15 is 0 Å². The molecule has 35 heavy (non-hydrogen) atoms. The Morgan fingerprint density at radius 2 is 2.03 bits per heavy atom. The molecular weight excluding hydrogens is 446 g/mol. The predicted molar refractivity (Wildman–Crippen MR) is 132 cm³/mol. The Morgan fingerprint density at radius 1 is 1.26 bits per heavy atom. The maximum Gasteiger partial charge on any atom is 0.273 e. The maximum absolute atomic E-state index is 12.5. The molecule has 0 radical (unpaired) electrons. The normalized spacial score (nSPS) is 11.1. The monoisotopic (exact) mass is 477 g/mol. The van der Waals surface area contributed by atoms with Crippen molar-refractivity contribution in [2.24, 2.45) is 0 Å². The van der Waals surface area contributed by atoms with Gasteiger partial charge in [-0.25, -0.2) is 9.97 Å². The Balaban J connectivity index is 1.66. The van der Waals surface area contributed by atoms with Crippen LogP contribution in [0, 0.1) is 6.92 Å². The first-order chi connectivity index (χ1) is 16.6. The van der Waals surface area contributed by atoms with Crippen molar-refractivity contribution in [3.8, 4) is 17.0 Å². The van der Waals surface area contributed by atoms with E-state index in [9.17, 15) is 9.59 Å². The van der Waals surface area contributed by atoms with Gasteiger partial charge in [-0.1, -0.05) is 44.6 Å². The molecule has 0 bridgehead atoms. The molecule has 0 aliphatic rings. The number of hydrogen-bond acceptors (Lipinski definition) is 7. The third kappa shape index (κ3) is 6.53. The van der Waals surface area contributed by atoms with E-state index in [1.807, 2.05) is 45.9 Å². The smallest absolute Gasteiger partial charge is 0.273 e. The van der Waals surface area contributed by atoms with Crippen molar-refractivity contribution in [2.75, 3.05) is 20.2 Å². The van der Waals surface area contributed by atoms with Gasteiger partial charge >= 0.3 is 0 Å². The molecule has 0 spiro atoms. The summed E-state index contributed by atoms with van der Waals surface area (Å²) >= 11 is 0. The van der Waals surface area contributed by atoms with Crippen LogP contribution in [-0.2, 0) is 16.8 Å². The summed E-state index contributed by atoms with van der Waals surface area (Å²) in [5.74, 6) is 0.715. The van der Waals surface area contributed by atoms with Gasteiger partial charge in [0, 0.05) is 30.6 Å². The third-order valence-corrected chi connectivity index (χ3v) is 5.45. The zero-order valence-electron chi connectivity index (χ0n) is 20.8. The highest BCUT2D eigenvalue weighted by Gasteiger charge is 2.22. The molecule has 2 aromatic heterocycles. The standard InChI is InChI=1S/C26H31N5O4/c1-7-23(32)31(6)10-11-34-21-15-27-16-29-24(21)18-8-9-19(17(2)12-18)14-28-25(33)20-13-22(35-30-20)26(3,4)5/h7-9,12-13,15-16H,1,10-11,14H2,2-6H3,(H,28,33). The highest BCUT2D eigenvalue weighted by Crippen LogP contribution is 2.28. The van der Waals surface area contributed by atoms with Crippen LogP contribution in [0.3, 0.4) is 0 Å². The number of hydrogen-bond donors (Lipinski definition) is 1. The summed E-state index contributed by atoms with van der Waals surface area (Å²) in [5, 5.41) is 6.78. The van der Waals surface area contributed by atoms with E-state index in [4.69, 9.17) is 9.26 Å². The van der Waals surface area contributed by atoms with Crippen molar-refractivity contribution in [2.45, 2.75) is 39.7 Å². The second-order valence-corrected chi connectivity index (χ2v) is 9.20. The van der Waals surface area contributed by atoms with Gasteiger partial charge in [0.1, 0.15) is 24.4 Å². The van der Waals surface area contributed by atoms with Crippen molar-refractivity contribution >= 4 is 11.8 Å². The zero-order valence-corrected chi connectivity index (χ0v) is 20.8. The molecule has 0 atom stereocenters. The van der Waals surface area contributed by atoms with Crippen molar-refractivity contribution < 1.29 is 18.8 Å². The number of aryl methyl sites for hydroxylation is 1. The van der Waals surface area contributed by atoms with E-state index in [0.717, 1.165) is 16.7 Å². The lowest BCUT2D eigenvalue weighted by molar-refractivity contribution is -0.125. The van der Waals surface area contributed by atoms with Crippen LogP contribution in [0.15, 0.2) is 54.0 Å². The molecule has 3 aromatic rings. The molecule has 1 aromatic carbocycles. The van der Waals surface area contributed by atoms with Crippen LogP contribution in [0.4, 0.5) is 0 Å². The van der Waals surface area contributed by atoms with Crippen molar-refractivity contribution in [3.05, 3.63) is 72.0 Å². The summed E-state index contributed by atoms with van der Waals surface area (Å²) in [6, 6.07) is 7.52. The lowest BCUT2D eigenvalue weighted by Crippen LogP contribution is -2.29. The average molecular weight is 478 g/mol. The third-order valence-electron chi connectivity index (χ3n) is 5.45. The molecule has 0 aliphatic carbocycles. The zero-order chi connectivity index (χ0) is 25.6. The van der Waals surface area contributed by atoms with Gasteiger partial charge in [0.05, 0.1) is 12.7 Å². The van der Waals surface area contributed by atoms with E-state index < -0.39 is 0 Å². The Kier molecular flexibility index (Phi) is 8.01. The average Bonchev–Trinajstić information content (AvgIpc) is 3.34. The number of nitrogens with one attached hydrogen (secondary N) is 1. The van der Waals surface area contributed by atoms with Crippen LogP contribution in [-0.4, -0.2) is 52.0 Å². The molecular formula is C26H31N5O4. The quantitative estimate of drug-likeness (QED) is 0.468. The van der Waals surface area contributed by atoms with Crippen LogP contribution in [0.1, 0.15) is 48.1 Å². The van der Waals surface area contributed by atoms with E-state index in [1.165, 1.54) is 17.3 Å². The number of ether oxygens (including phenoxy) is 1. The molecule has 184 valence electrons. The Labute approximate surface area is 205 Å². The molecule has 9 heteroatoms. The largest absolute Gasteiger partial charge is 0.488 e. The lowest BCUT2D eigenvalue weighted by atomic mass is 9.93. The first kappa shape index (κ1) is 25.6. The fraction of sp³-hybridized carbons (Fsp3) is 0.346. The SMILES string of the molecule is C=CC(=O)N(C)CCOc1cncnc1-c1ccc(CNC(=O)c2cc(C(C)(C)C)on2)c(C)c1. The van der Waals surface area contributed by atoms with Gasteiger partial charge in [-0.2, -0.15) is 0 Å². The fourth-order valence-corrected chi connectivity index (χ4v) is 3.24. The maximum atomic E-state index is 12.5. The minimum Gasteiger partial charge on any atom is -0.488 e. The van der Waals surface area contributed by atoms with E-state index in [1.54, 1.807) is 19.3 Å². The first-order valence-corrected chi connectivity index (χ1v) is 11.3. The summed E-state index contributed by atoms with van der Waals surface area (Å²) in [7, 11) is 1.68. The second-order valence-electron chi connectivity index (χ2n) is 9.20. The number of carbonyl (C=O) groups is 2. The molecule has 2 amide bonds. The highest BCUT2D eigenvalue weighted by molar-refractivity contribution is 5.92. The number of likely N-dealkylation sites (N-methyl/N-ethyl adjacent to an activating group) is 1. The lowest BCUT2D eigenvalue weighted by Gasteiger charge is -2.16. The summed E-state index contributed by atoms with van der Waals surface area (Å²) in [4.78, 5) is 34.1. The predicted octanol–water partition coefficient (Wildman–Crippen LogP) is 3.69. The van der Waals surface area contributed by atoms with Crippen LogP contribution >= 0.6 is 0 Å². The number of amides is 2. The van der Waals surface area contributed by atoms with Crippen LogP contribution < -0.4 is 10.1 Å². The molecule has 0 saturated heterocycles. The number of carbonyl (C=O) groups excluding carboxylic acids is 2. The van der Waals surface area contributed by atoms with Gasteiger partial charge in [-0.3, -0.25) is 9.59 Å². The van der Waals surface area contributed by atoms with Gasteiger partial charge < -0.3 is 19.5 Å². The summed E-state index contributed by atoms with van der Waals surface area (Å²) in [5.41, 5.74) is 3.49. The summed E-state index contributed by atoms with van der Waals surface area (Å²) in [6.07, 6.45) is 4.33. The van der Waals surface area contributed by atoms with Gasteiger partial charge in [0.2, 0.25) is 5.91 Å². The molecule has 0 unspecified atom stereocenters. The van der Waals surface area contributed by atoms with Crippen molar-refractivity contribution in [3.63, 3.8) is 0 Å². The molecule has 1 N–H and O–H groups in total. The molecule has 2 heterocycles. The summed E-state index contributed by atoms with van der Waals surface area (Å²) < 4.78 is 11.2. The Hall–Kier alpha value is -4.01. The Bertz CT molecular complexity index is 1210. The van der Waals surface area contributed by atoms with Gasteiger partial charge in [-0.05, 0) is 30.2 Å². The van der Waals surface area contributed by atoms with E-state index in [-0.39, 0.29) is 22.9 Å². The minimum atomic E-state index is -0.292. The second kappa shape index (κ2) is 10.9. The van der Waals surface area contributed by atoms with Crippen molar-refractivity contribution in [1.29, 1.82) is 0 Å². The van der Waals surface area contributed by atoms with Crippen molar-refractivity contribution in [1.82, 2.24) is 25.3 Å². The number of aromatic nitrogens is 3. The topological polar surface area (TPSA) is 110 Å². The molecule has 3 rings (SSSR count). The van der Waals surface area contributed by atoms with Gasteiger partial charge in [-0.15, -0.1) is 0 Å². The van der Waals surface area contributed by atoms with Gasteiger partial charge in [0.15, 0.2) is 11.4 Å².